The minimum Gasteiger partial charge on any atom is -0.508 e. The predicted molar refractivity (Wildman–Crippen MR) is 106 cm³/mol. The average molecular weight is 395 g/mol. The van der Waals surface area contributed by atoms with Gasteiger partial charge in [0.2, 0.25) is 0 Å². The number of nitrogens with one attached hydrogen (secondary N) is 1. The predicted octanol–water partition coefficient (Wildman–Crippen LogP) is 3.96. The Morgan fingerprint density at radius 3 is 2.59 bits per heavy atom. The molecule has 0 spiro atoms. The number of benzene rings is 2. The van der Waals surface area contributed by atoms with E-state index in [-0.39, 0.29) is 34.7 Å². The second-order valence-electron chi connectivity index (χ2n) is 7.43. The van der Waals surface area contributed by atoms with Crippen molar-refractivity contribution in [2.45, 2.75) is 25.7 Å². The summed E-state index contributed by atoms with van der Waals surface area (Å²) in [5.74, 6) is -0.674. The molecule has 0 unspecified atom stereocenters. The highest BCUT2D eigenvalue weighted by Crippen LogP contribution is 2.34. The van der Waals surface area contributed by atoms with Gasteiger partial charge in [-0.05, 0) is 49.6 Å². The van der Waals surface area contributed by atoms with E-state index in [0.717, 1.165) is 29.7 Å². The molecule has 4 rings (SSSR count). The van der Waals surface area contributed by atoms with Crippen molar-refractivity contribution in [3.63, 3.8) is 0 Å². The van der Waals surface area contributed by atoms with Crippen molar-refractivity contribution in [1.29, 1.82) is 0 Å². The zero-order valence-electron chi connectivity index (χ0n) is 16.0. The summed E-state index contributed by atoms with van der Waals surface area (Å²) in [6.45, 7) is 2.68. The fourth-order valence-electron chi connectivity index (χ4n) is 3.85. The second kappa shape index (κ2) is 7.58. The Kier molecular flexibility index (Phi) is 4.96. The van der Waals surface area contributed by atoms with Crippen molar-refractivity contribution < 1.29 is 19.4 Å². The summed E-state index contributed by atoms with van der Waals surface area (Å²) >= 11 is 0. The topological polar surface area (TPSA) is 89.5 Å². The Morgan fingerprint density at radius 2 is 1.90 bits per heavy atom. The minimum absolute atomic E-state index is 0.0582. The minimum atomic E-state index is -0.294. The number of rotatable bonds is 3. The van der Waals surface area contributed by atoms with Gasteiger partial charge in [0, 0.05) is 41.4 Å². The van der Waals surface area contributed by atoms with Gasteiger partial charge in [-0.15, -0.1) is 0 Å². The molecule has 1 aromatic heterocycles. The molecular formula is C22H22FN3O3. The summed E-state index contributed by atoms with van der Waals surface area (Å²) in [6.07, 6.45) is 3.44. The van der Waals surface area contributed by atoms with Crippen LogP contribution in [0.25, 0.3) is 11.1 Å². The van der Waals surface area contributed by atoms with Crippen LogP contribution in [-0.4, -0.2) is 44.3 Å². The van der Waals surface area contributed by atoms with Crippen molar-refractivity contribution in [3.05, 3.63) is 65.2 Å². The maximum Gasteiger partial charge on any atom is 0.254 e. The number of likely N-dealkylation sites (tertiary alicyclic amines) is 1. The molecule has 1 saturated heterocycles. The first-order chi connectivity index (χ1) is 13.9. The van der Waals surface area contributed by atoms with Gasteiger partial charge >= 0.3 is 0 Å². The van der Waals surface area contributed by atoms with E-state index in [1.807, 2.05) is 0 Å². The first kappa shape index (κ1) is 19.0. The van der Waals surface area contributed by atoms with E-state index in [1.54, 1.807) is 30.2 Å². The van der Waals surface area contributed by atoms with Gasteiger partial charge in [-0.1, -0.05) is 12.1 Å². The number of H-pyrrole nitrogens is 1. The number of amides is 1. The van der Waals surface area contributed by atoms with Crippen LogP contribution in [0.2, 0.25) is 0 Å². The highest BCUT2D eigenvalue weighted by Gasteiger charge is 2.29. The molecule has 0 saturated carbocycles. The SMILES string of the molecule is Cc1c(O)cc(C(=O)N2CCC[C@H](c3[nH]ncc3-c3ccc(F)cc3)C2)cc1O. The van der Waals surface area contributed by atoms with Crippen LogP contribution in [0.3, 0.4) is 0 Å². The number of halogens is 1. The third-order valence-electron chi connectivity index (χ3n) is 5.54. The normalized spacial score (nSPS) is 16.8. The third-order valence-corrected chi connectivity index (χ3v) is 5.54. The maximum absolute atomic E-state index is 13.3. The fourth-order valence-corrected chi connectivity index (χ4v) is 3.85. The molecule has 3 N–H and O–H groups in total. The molecule has 1 aliphatic rings. The van der Waals surface area contributed by atoms with Crippen molar-refractivity contribution in [1.82, 2.24) is 15.1 Å². The van der Waals surface area contributed by atoms with Crippen LogP contribution >= 0.6 is 0 Å². The van der Waals surface area contributed by atoms with E-state index < -0.39 is 0 Å². The first-order valence-electron chi connectivity index (χ1n) is 9.55. The van der Waals surface area contributed by atoms with E-state index >= 15 is 0 Å². The average Bonchev–Trinajstić information content (AvgIpc) is 3.21. The van der Waals surface area contributed by atoms with Crippen molar-refractivity contribution in [2.75, 3.05) is 13.1 Å². The lowest BCUT2D eigenvalue weighted by Crippen LogP contribution is -2.39. The van der Waals surface area contributed by atoms with Crippen LogP contribution in [0.1, 0.15) is 40.4 Å². The number of carbonyl (C=O) groups excluding carboxylic acids is 1. The van der Waals surface area contributed by atoms with Crippen LogP contribution in [0, 0.1) is 12.7 Å². The van der Waals surface area contributed by atoms with Gasteiger partial charge in [0.15, 0.2) is 0 Å². The number of aromatic hydroxyl groups is 2. The molecule has 3 aromatic rings. The summed E-state index contributed by atoms with van der Waals surface area (Å²) in [7, 11) is 0. The van der Waals surface area contributed by atoms with Gasteiger partial charge < -0.3 is 15.1 Å². The van der Waals surface area contributed by atoms with Crippen LogP contribution in [-0.2, 0) is 0 Å². The molecule has 1 fully saturated rings. The van der Waals surface area contributed by atoms with E-state index in [9.17, 15) is 19.4 Å². The van der Waals surface area contributed by atoms with Crippen LogP contribution < -0.4 is 0 Å². The molecule has 6 nitrogen and oxygen atoms in total. The summed E-state index contributed by atoms with van der Waals surface area (Å²) in [5.41, 5.74) is 3.29. The Hall–Kier alpha value is -3.35. The molecule has 1 aliphatic heterocycles. The summed E-state index contributed by atoms with van der Waals surface area (Å²) in [5, 5.41) is 27.1. The number of aromatic amines is 1. The number of phenolic OH excluding ortho intramolecular Hbond substituents is 2. The highest BCUT2D eigenvalue weighted by atomic mass is 19.1. The largest absolute Gasteiger partial charge is 0.508 e. The van der Waals surface area contributed by atoms with Crippen molar-refractivity contribution >= 4 is 5.91 Å². The smallest absolute Gasteiger partial charge is 0.254 e. The maximum atomic E-state index is 13.3. The van der Waals surface area contributed by atoms with Crippen LogP contribution in [0.15, 0.2) is 42.6 Å². The molecule has 29 heavy (non-hydrogen) atoms. The quantitative estimate of drug-likeness (QED) is 0.626. The lowest BCUT2D eigenvalue weighted by atomic mass is 9.90. The molecular weight excluding hydrogens is 373 g/mol. The summed E-state index contributed by atoms with van der Waals surface area (Å²) < 4.78 is 13.3. The van der Waals surface area contributed by atoms with Gasteiger partial charge in [-0.25, -0.2) is 4.39 Å². The first-order valence-corrected chi connectivity index (χ1v) is 9.55. The Bertz CT molecular complexity index is 1020. The molecule has 0 aliphatic carbocycles. The van der Waals surface area contributed by atoms with Gasteiger partial charge in [-0.3, -0.25) is 9.89 Å². The number of phenols is 2. The highest BCUT2D eigenvalue weighted by molar-refractivity contribution is 5.95. The molecule has 7 heteroatoms. The zero-order chi connectivity index (χ0) is 20.5. The van der Waals surface area contributed by atoms with E-state index in [2.05, 4.69) is 10.2 Å². The molecule has 2 aromatic carbocycles. The lowest BCUT2D eigenvalue weighted by molar-refractivity contribution is 0.0705. The van der Waals surface area contributed by atoms with Crippen LogP contribution in [0.5, 0.6) is 11.5 Å². The van der Waals surface area contributed by atoms with Crippen LogP contribution in [0.4, 0.5) is 4.39 Å². The molecule has 1 atom stereocenters. The number of hydrogen-bond acceptors (Lipinski definition) is 4. The number of nitrogens with zero attached hydrogens (tertiary/aromatic N) is 2. The summed E-state index contributed by atoms with van der Waals surface area (Å²) in [4.78, 5) is 14.7. The number of carbonyl (C=O) groups is 1. The standard InChI is InChI=1S/C22H22FN3O3/c1-13-19(27)9-16(10-20(13)28)22(29)26-8-2-3-15(12-26)21-18(11-24-25-21)14-4-6-17(23)7-5-14/h4-7,9-11,15,27-28H,2-3,8,12H2,1H3,(H,24,25)/t15-/m0/s1. The number of piperidine rings is 1. The molecule has 0 radical (unpaired) electrons. The van der Waals surface area contributed by atoms with Gasteiger partial charge in [-0.2, -0.15) is 5.10 Å². The second-order valence-corrected chi connectivity index (χ2v) is 7.43. The molecule has 0 bridgehead atoms. The number of hydrogen-bond donors (Lipinski definition) is 3. The van der Waals surface area contributed by atoms with Gasteiger partial charge in [0.1, 0.15) is 17.3 Å². The molecule has 150 valence electrons. The monoisotopic (exact) mass is 395 g/mol. The van der Waals surface area contributed by atoms with E-state index in [0.29, 0.717) is 18.7 Å². The van der Waals surface area contributed by atoms with Crippen molar-refractivity contribution in [3.8, 4) is 22.6 Å². The number of aromatic nitrogens is 2. The van der Waals surface area contributed by atoms with Crippen molar-refractivity contribution in [2.24, 2.45) is 0 Å². The molecule has 2 heterocycles. The Labute approximate surface area is 167 Å². The van der Waals surface area contributed by atoms with E-state index in [4.69, 9.17) is 0 Å². The zero-order valence-corrected chi connectivity index (χ0v) is 16.0. The fraction of sp³-hybridized carbons (Fsp3) is 0.273. The Morgan fingerprint density at radius 1 is 1.21 bits per heavy atom. The summed E-state index contributed by atoms with van der Waals surface area (Å²) in [6, 6.07) is 9.04. The van der Waals surface area contributed by atoms with Gasteiger partial charge in [0.05, 0.1) is 6.20 Å². The lowest BCUT2D eigenvalue weighted by Gasteiger charge is -2.33. The van der Waals surface area contributed by atoms with Gasteiger partial charge in [0.25, 0.3) is 5.91 Å². The third kappa shape index (κ3) is 3.68. The Balaban J connectivity index is 1.57. The van der Waals surface area contributed by atoms with E-state index in [1.165, 1.54) is 24.3 Å². The molecule has 1 amide bonds.